The third-order valence-electron chi connectivity index (χ3n) is 4.77. The highest BCUT2D eigenvalue weighted by molar-refractivity contribution is 5.76. The van der Waals surface area contributed by atoms with E-state index in [4.69, 9.17) is 4.42 Å². The van der Waals surface area contributed by atoms with Crippen LogP contribution in [-0.2, 0) is 6.54 Å². The van der Waals surface area contributed by atoms with Crippen LogP contribution in [0.2, 0.25) is 0 Å². The lowest BCUT2D eigenvalue weighted by Gasteiger charge is -2.05. The lowest BCUT2D eigenvalue weighted by atomic mass is 10.2. The van der Waals surface area contributed by atoms with Crippen molar-refractivity contribution in [2.75, 3.05) is 0 Å². The Morgan fingerprint density at radius 2 is 1.84 bits per heavy atom. The molecule has 3 heterocycles. The molecule has 0 spiro atoms. The van der Waals surface area contributed by atoms with Gasteiger partial charge in [0.05, 0.1) is 23.4 Å². The standard InChI is InChI=1S/C21H14N6O4/c28-21-16-10-23-26(17-8-4-5-9-18(17)27(29)30)19(16)22-13-25(21)11-15-12-31-20(24-15)14-6-2-1-3-7-14/h1-10,12-13H,11H2. The van der Waals surface area contributed by atoms with Crippen molar-refractivity contribution in [2.24, 2.45) is 0 Å². The van der Waals surface area contributed by atoms with E-state index in [2.05, 4.69) is 15.1 Å². The summed E-state index contributed by atoms with van der Waals surface area (Å²) in [5.74, 6) is 0.460. The van der Waals surface area contributed by atoms with Gasteiger partial charge >= 0.3 is 0 Å². The largest absolute Gasteiger partial charge is 0.444 e. The Morgan fingerprint density at radius 3 is 2.65 bits per heavy atom. The van der Waals surface area contributed by atoms with Crippen molar-refractivity contribution in [1.29, 1.82) is 0 Å². The van der Waals surface area contributed by atoms with Crippen LogP contribution in [-0.4, -0.2) is 29.2 Å². The smallest absolute Gasteiger partial charge is 0.294 e. The average Bonchev–Trinajstić information content (AvgIpc) is 3.44. The summed E-state index contributed by atoms with van der Waals surface area (Å²) in [7, 11) is 0. The predicted octanol–water partition coefficient (Wildman–Crippen LogP) is 3.19. The zero-order valence-corrected chi connectivity index (χ0v) is 16.0. The molecule has 5 aromatic rings. The minimum Gasteiger partial charge on any atom is -0.444 e. The first kappa shape index (κ1) is 18.4. The Bertz CT molecular complexity index is 1470. The summed E-state index contributed by atoms with van der Waals surface area (Å²) >= 11 is 0. The summed E-state index contributed by atoms with van der Waals surface area (Å²) < 4.78 is 8.20. The molecule has 5 rings (SSSR count). The molecule has 0 radical (unpaired) electrons. The van der Waals surface area contributed by atoms with Crippen molar-refractivity contribution in [3.05, 3.63) is 99.5 Å². The van der Waals surface area contributed by atoms with E-state index in [1.54, 1.807) is 18.2 Å². The Kier molecular flexibility index (Phi) is 4.36. The highest BCUT2D eigenvalue weighted by Gasteiger charge is 2.19. The van der Waals surface area contributed by atoms with Gasteiger partial charge in [-0.2, -0.15) is 5.10 Å². The summed E-state index contributed by atoms with van der Waals surface area (Å²) in [6.07, 6.45) is 4.22. The first-order valence-electron chi connectivity index (χ1n) is 9.28. The van der Waals surface area contributed by atoms with Gasteiger partial charge in [0.1, 0.15) is 23.7 Å². The maximum absolute atomic E-state index is 13.0. The fraction of sp³-hybridized carbons (Fsp3) is 0.0476. The molecule has 0 unspecified atom stereocenters. The number of fused-ring (bicyclic) bond motifs is 1. The minimum absolute atomic E-state index is 0.130. The molecule has 10 nitrogen and oxygen atoms in total. The Hall–Kier alpha value is -4.60. The third-order valence-corrected chi connectivity index (χ3v) is 4.77. The fourth-order valence-electron chi connectivity index (χ4n) is 3.30. The van der Waals surface area contributed by atoms with Gasteiger partial charge in [0.15, 0.2) is 5.65 Å². The highest BCUT2D eigenvalue weighted by Crippen LogP contribution is 2.24. The lowest BCUT2D eigenvalue weighted by molar-refractivity contribution is -0.384. The normalized spacial score (nSPS) is 11.1. The van der Waals surface area contributed by atoms with Crippen molar-refractivity contribution in [3.8, 4) is 17.1 Å². The van der Waals surface area contributed by atoms with E-state index in [0.29, 0.717) is 11.6 Å². The average molecular weight is 414 g/mol. The molecule has 10 heteroatoms. The van der Waals surface area contributed by atoms with E-state index in [9.17, 15) is 14.9 Å². The van der Waals surface area contributed by atoms with E-state index < -0.39 is 4.92 Å². The van der Waals surface area contributed by atoms with Crippen molar-refractivity contribution < 1.29 is 9.34 Å². The number of hydrogen-bond acceptors (Lipinski definition) is 7. The van der Waals surface area contributed by atoms with Gasteiger partial charge in [-0.25, -0.2) is 14.6 Å². The van der Waals surface area contributed by atoms with Crippen molar-refractivity contribution in [3.63, 3.8) is 0 Å². The molecule has 0 atom stereocenters. The Labute approximate surface area is 174 Å². The van der Waals surface area contributed by atoms with Gasteiger partial charge in [0, 0.05) is 11.6 Å². The molecule has 0 aliphatic rings. The first-order chi connectivity index (χ1) is 15.1. The number of aromatic nitrogens is 5. The molecule has 31 heavy (non-hydrogen) atoms. The van der Waals surface area contributed by atoms with Crippen LogP contribution in [0.3, 0.4) is 0 Å². The number of nitro benzene ring substituents is 1. The molecule has 0 saturated carbocycles. The summed E-state index contributed by atoms with van der Waals surface area (Å²) in [5.41, 5.74) is 1.40. The SMILES string of the molecule is O=c1c2cnn(-c3ccccc3[N+](=O)[O-])c2ncn1Cc1coc(-c2ccccc2)n1. The Morgan fingerprint density at radius 1 is 1.06 bits per heavy atom. The minimum atomic E-state index is -0.501. The highest BCUT2D eigenvalue weighted by atomic mass is 16.6. The molecule has 0 saturated heterocycles. The molecule has 0 aliphatic carbocycles. The molecule has 0 N–H and O–H groups in total. The molecular formula is C21H14N6O4. The zero-order valence-electron chi connectivity index (χ0n) is 16.0. The number of oxazole rings is 1. The maximum Gasteiger partial charge on any atom is 0.294 e. The van der Waals surface area contributed by atoms with Crippen LogP contribution in [0, 0.1) is 10.1 Å². The van der Waals surface area contributed by atoms with Crippen LogP contribution in [0.4, 0.5) is 5.69 Å². The van der Waals surface area contributed by atoms with Gasteiger partial charge < -0.3 is 4.42 Å². The number of hydrogen-bond donors (Lipinski definition) is 0. The monoisotopic (exact) mass is 414 g/mol. The molecule has 0 fully saturated rings. The van der Waals surface area contributed by atoms with Gasteiger partial charge in [-0.15, -0.1) is 0 Å². The van der Waals surface area contributed by atoms with Gasteiger partial charge in [-0.1, -0.05) is 30.3 Å². The summed E-state index contributed by atoms with van der Waals surface area (Å²) in [5, 5.41) is 15.8. The number of rotatable bonds is 5. The van der Waals surface area contributed by atoms with Crippen LogP contribution >= 0.6 is 0 Å². The maximum atomic E-state index is 13.0. The summed E-state index contributed by atoms with van der Waals surface area (Å²) in [6.45, 7) is 0.161. The van der Waals surface area contributed by atoms with E-state index in [0.717, 1.165) is 5.56 Å². The topological polar surface area (TPSA) is 122 Å². The van der Waals surface area contributed by atoms with E-state index in [1.807, 2.05) is 30.3 Å². The lowest BCUT2D eigenvalue weighted by Crippen LogP contribution is -2.21. The van der Waals surface area contributed by atoms with E-state index in [-0.39, 0.29) is 34.5 Å². The fourth-order valence-corrected chi connectivity index (χ4v) is 3.30. The van der Waals surface area contributed by atoms with Crippen LogP contribution in [0.25, 0.3) is 28.2 Å². The van der Waals surface area contributed by atoms with Crippen molar-refractivity contribution >= 4 is 16.7 Å². The van der Waals surface area contributed by atoms with Crippen molar-refractivity contribution in [1.82, 2.24) is 24.3 Å². The van der Waals surface area contributed by atoms with Crippen LogP contribution in [0.15, 0.2) is 82.6 Å². The molecule has 152 valence electrons. The van der Waals surface area contributed by atoms with E-state index in [1.165, 1.54) is 34.1 Å². The molecular weight excluding hydrogens is 400 g/mol. The number of para-hydroxylation sites is 2. The summed E-state index contributed by atoms with van der Waals surface area (Å²) in [4.78, 5) is 32.5. The molecule has 0 bridgehead atoms. The second kappa shape index (κ2) is 7.34. The second-order valence-electron chi connectivity index (χ2n) is 6.73. The zero-order chi connectivity index (χ0) is 21.4. The molecule has 3 aromatic heterocycles. The third kappa shape index (κ3) is 3.25. The van der Waals surface area contributed by atoms with Crippen LogP contribution in [0.5, 0.6) is 0 Å². The molecule has 0 amide bonds. The molecule has 2 aromatic carbocycles. The van der Waals surface area contributed by atoms with Crippen LogP contribution in [0.1, 0.15) is 5.69 Å². The van der Waals surface area contributed by atoms with Crippen molar-refractivity contribution in [2.45, 2.75) is 6.54 Å². The van der Waals surface area contributed by atoms with Gasteiger partial charge in [0.2, 0.25) is 5.89 Å². The molecule has 0 aliphatic heterocycles. The van der Waals surface area contributed by atoms with Crippen LogP contribution < -0.4 is 5.56 Å². The number of nitrogens with zero attached hydrogens (tertiary/aromatic N) is 6. The van der Waals surface area contributed by atoms with Gasteiger partial charge in [0.25, 0.3) is 11.2 Å². The van der Waals surface area contributed by atoms with Gasteiger partial charge in [-0.05, 0) is 18.2 Å². The Balaban J connectivity index is 1.51. The number of benzene rings is 2. The second-order valence-corrected chi connectivity index (χ2v) is 6.73. The first-order valence-corrected chi connectivity index (χ1v) is 9.28. The summed E-state index contributed by atoms with van der Waals surface area (Å²) in [6, 6.07) is 15.6. The number of nitro groups is 1. The quantitative estimate of drug-likeness (QED) is 0.320. The predicted molar refractivity (Wildman–Crippen MR) is 111 cm³/mol. The van der Waals surface area contributed by atoms with E-state index >= 15 is 0 Å². The van der Waals surface area contributed by atoms with Gasteiger partial charge in [-0.3, -0.25) is 19.5 Å².